The van der Waals surface area contributed by atoms with Crippen molar-refractivity contribution in [2.45, 2.75) is 33.6 Å². The Hall–Kier alpha value is 0.310. The zero-order chi connectivity index (χ0) is 9.23. The minimum absolute atomic E-state index is 0.851. The molecule has 12 heavy (non-hydrogen) atoms. The van der Waals surface area contributed by atoms with Crippen LogP contribution in [0.1, 0.15) is 33.6 Å². The fraction of sp³-hybridized carbons (Fsp3) is 1.00. The van der Waals surface area contributed by atoms with E-state index in [1.165, 1.54) is 30.9 Å². The van der Waals surface area contributed by atoms with E-state index >= 15 is 0 Å². The molecular weight excluding hydrogens is 166 g/mol. The zero-order valence-corrected chi connectivity index (χ0v) is 9.54. The molecule has 0 amide bonds. The van der Waals surface area contributed by atoms with Gasteiger partial charge in [0, 0.05) is 0 Å². The number of thioether (sulfide) groups is 1. The van der Waals surface area contributed by atoms with Gasteiger partial charge in [-0.25, -0.2) is 0 Å². The SMILES string of the molecule is CCNCCCCSCC(C)C. The number of hydrogen-bond donors (Lipinski definition) is 1. The average Bonchev–Trinajstić information content (AvgIpc) is 2.02. The Morgan fingerprint density at radius 2 is 2.00 bits per heavy atom. The Balaban J connectivity index is 2.82. The van der Waals surface area contributed by atoms with E-state index in [0.717, 1.165) is 12.5 Å². The maximum Gasteiger partial charge on any atom is -0.00444 e. The predicted molar refractivity (Wildman–Crippen MR) is 59.9 cm³/mol. The van der Waals surface area contributed by atoms with Gasteiger partial charge in [-0.05, 0) is 43.4 Å². The second-order valence-electron chi connectivity index (χ2n) is 3.53. The number of unbranched alkanes of at least 4 members (excludes halogenated alkanes) is 1. The second kappa shape index (κ2) is 9.40. The summed E-state index contributed by atoms with van der Waals surface area (Å²) in [7, 11) is 0. The van der Waals surface area contributed by atoms with Crippen LogP contribution in [0.4, 0.5) is 0 Å². The van der Waals surface area contributed by atoms with Crippen LogP contribution in [0.3, 0.4) is 0 Å². The number of nitrogens with one attached hydrogen (secondary N) is 1. The third-order valence-corrected chi connectivity index (χ3v) is 3.07. The maximum absolute atomic E-state index is 3.34. The number of hydrogen-bond acceptors (Lipinski definition) is 2. The highest BCUT2D eigenvalue weighted by Gasteiger charge is 1.93. The Bertz CT molecular complexity index is 83.9. The lowest BCUT2D eigenvalue weighted by Gasteiger charge is -2.04. The molecule has 1 N–H and O–H groups in total. The van der Waals surface area contributed by atoms with Gasteiger partial charge in [0.25, 0.3) is 0 Å². The second-order valence-corrected chi connectivity index (χ2v) is 4.68. The van der Waals surface area contributed by atoms with Crippen molar-refractivity contribution >= 4 is 11.8 Å². The Labute approximate surface area is 81.7 Å². The molecule has 1 nitrogen and oxygen atoms in total. The predicted octanol–water partition coefficient (Wildman–Crippen LogP) is 2.77. The monoisotopic (exact) mass is 189 g/mol. The van der Waals surface area contributed by atoms with Gasteiger partial charge in [-0.15, -0.1) is 0 Å². The van der Waals surface area contributed by atoms with Crippen LogP contribution < -0.4 is 5.32 Å². The van der Waals surface area contributed by atoms with Gasteiger partial charge in [0.05, 0.1) is 0 Å². The van der Waals surface area contributed by atoms with E-state index < -0.39 is 0 Å². The molecular formula is C10H23NS. The summed E-state index contributed by atoms with van der Waals surface area (Å²) in [5, 5.41) is 3.34. The molecule has 0 aliphatic rings. The Kier molecular flexibility index (Phi) is 9.64. The lowest BCUT2D eigenvalue weighted by atomic mass is 10.3. The summed E-state index contributed by atoms with van der Waals surface area (Å²) < 4.78 is 0. The van der Waals surface area contributed by atoms with E-state index in [2.05, 4.69) is 37.8 Å². The summed E-state index contributed by atoms with van der Waals surface area (Å²) in [6, 6.07) is 0. The summed E-state index contributed by atoms with van der Waals surface area (Å²) in [5.74, 6) is 3.51. The Morgan fingerprint density at radius 3 is 2.58 bits per heavy atom. The van der Waals surface area contributed by atoms with Crippen molar-refractivity contribution in [3.63, 3.8) is 0 Å². The third kappa shape index (κ3) is 10.3. The molecule has 0 bridgehead atoms. The van der Waals surface area contributed by atoms with Crippen LogP contribution in [0.2, 0.25) is 0 Å². The van der Waals surface area contributed by atoms with Gasteiger partial charge in [-0.2, -0.15) is 11.8 Å². The van der Waals surface area contributed by atoms with Gasteiger partial charge in [0.2, 0.25) is 0 Å². The first-order chi connectivity index (χ1) is 5.77. The van der Waals surface area contributed by atoms with Crippen molar-refractivity contribution in [2.24, 2.45) is 5.92 Å². The van der Waals surface area contributed by atoms with Crippen LogP contribution in [0.25, 0.3) is 0 Å². The van der Waals surface area contributed by atoms with Crippen LogP contribution in [0.5, 0.6) is 0 Å². The Morgan fingerprint density at radius 1 is 1.25 bits per heavy atom. The van der Waals surface area contributed by atoms with E-state index in [0.29, 0.717) is 0 Å². The van der Waals surface area contributed by atoms with E-state index in [9.17, 15) is 0 Å². The van der Waals surface area contributed by atoms with Crippen molar-refractivity contribution in [1.29, 1.82) is 0 Å². The molecule has 0 atom stereocenters. The molecule has 2 heteroatoms. The van der Waals surface area contributed by atoms with Gasteiger partial charge in [-0.3, -0.25) is 0 Å². The van der Waals surface area contributed by atoms with E-state index in [1.807, 2.05) is 0 Å². The minimum Gasteiger partial charge on any atom is -0.317 e. The van der Waals surface area contributed by atoms with Crippen molar-refractivity contribution in [3.8, 4) is 0 Å². The molecule has 0 aliphatic carbocycles. The molecule has 0 unspecified atom stereocenters. The summed E-state index contributed by atoms with van der Waals surface area (Å²) in [5.41, 5.74) is 0. The quantitative estimate of drug-likeness (QED) is 0.589. The molecule has 0 aromatic heterocycles. The lowest BCUT2D eigenvalue weighted by molar-refractivity contribution is 0.665. The topological polar surface area (TPSA) is 12.0 Å². The van der Waals surface area contributed by atoms with E-state index in [4.69, 9.17) is 0 Å². The van der Waals surface area contributed by atoms with Crippen LogP contribution in [-0.4, -0.2) is 24.6 Å². The molecule has 0 aromatic rings. The van der Waals surface area contributed by atoms with Gasteiger partial charge < -0.3 is 5.32 Å². The van der Waals surface area contributed by atoms with Gasteiger partial charge in [-0.1, -0.05) is 20.8 Å². The summed E-state index contributed by atoms with van der Waals surface area (Å²) in [4.78, 5) is 0. The first-order valence-corrected chi connectivity index (χ1v) is 6.21. The largest absolute Gasteiger partial charge is 0.317 e. The molecule has 74 valence electrons. The summed E-state index contributed by atoms with van der Waals surface area (Å²) in [6.07, 6.45) is 2.70. The van der Waals surface area contributed by atoms with Gasteiger partial charge in [0.15, 0.2) is 0 Å². The average molecular weight is 189 g/mol. The molecule has 0 rings (SSSR count). The fourth-order valence-electron chi connectivity index (χ4n) is 0.950. The molecule has 0 fully saturated rings. The highest BCUT2D eigenvalue weighted by atomic mass is 32.2. The normalized spacial score (nSPS) is 11.0. The van der Waals surface area contributed by atoms with Crippen molar-refractivity contribution in [3.05, 3.63) is 0 Å². The zero-order valence-electron chi connectivity index (χ0n) is 8.73. The maximum atomic E-state index is 3.34. The highest BCUT2D eigenvalue weighted by Crippen LogP contribution is 2.09. The standard InChI is InChI=1S/C10H23NS/c1-4-11-7-5-6-8-12-9-10(2)3/h10-11H,4-9H2,1-3H3. The molecule has 0 saturated heterocycles. The first kappa shape index (κ1) is 12.3. The van der Waals surface area contributed by atoms with Crippen molar-refractivity contribution < 1.29 is 0 Å². The first-order valence-electron chi connectivity index (χ1n) is 5.05. The molecule has 0 aromatic carbocycles. The van der Waals surface area contributed by atoms with Crippen molar-refractivity contribution in [2.75, 3.05) is 24.6 Å². The number of rotatable bonds is 8. The molecule has 0 radical (unpaired) electrons. The van der Waals surface area contributed by atoms with Crippen LogP contribution in [-0.2, 0) is 0 Å². The molecule has 0 aliphatic heterocycles. The van der Waals surface area contributed by atoms with Gasteiger partial charge >= 0.3 is 0 Å². The molecule has 0 saturated carbocycles. The summed E-state index contributed by atoms with van der Waals surface area (Å²) >= 11 is 2.09. The van der Waals surface area contributed by atoms with E-state index in [-0.39, 0.29) is 0 Å². The van der Waals surface area contributed by atoms with Crippen LogP contribution in [0.15, 0.2) is 0 Å². The lowest BCUT2D eigenvalue weighted by Crippen LogP contribution is -2.13. The van der Waals surface area contributed by atoms with Crippen LogP contribution >= 0.6 is 11.8 Å². The van der Waals surface area contributed by atoms with Crippen molar-refractivity contribution in [1.82, 2.24) is 5.32 Å². The fourth-order valence-corrected chi connectivity index (χ4v) is 2.00. The van der Waals surface area contributed by atoms with E-state index in [1.54, 1.807) is 0 Å². The molecule has 0 spiro atoms. The van der Waals surface area contributed by atoms with Crippen LogP contribution in [0, 0.1) is 5.92 Å². The minimum atomic E-state index is 0.851. The highest BCUT2D eigenvalue weighted by molar-refractivity contribution is 7.99. The molecule has 0 heterocycles. The summed E-state index contributed by atoms with van der Waals surface area (Å²) in [6.45, 7) is 9.03. The third-order valence-electron chi connectivity index (χ3n) is 1.59. The smallest absolute Gasteiger partial charge is 0.00444 e. The van der Waals surface area contributed by atoms with Gasteiger partial charge in [0.1, 0.15) is 0 Å².